The number of hydrogen-bond donors (Lipinski definition) is 0. The van der Waals surface area contributed by atoms with Crippen LogP contribution < -0.4 is 5.56 Å². The molecule has 1 aromatic carbocycles. The van der Waals surface area contributed by atoms with E-state index in [1.54, 1.807) is 11.7 Å². The smallest absolute Gasteiger partial charge is 0.305 e. The Labute approximate surface area is 91.8 Å². The van der Waals surface area contributed by atoms with Gasteiger partial charge in [-0.2, -0.15) is 4.79 Å². The zero-order valence-corrected chi connectivity index (χ0v) is 8.74. The van der Waals surface area contributed by atoms with Crippen molar-refractivity contribution in [2.75, 3.05) is 0 Å². The summed E-state index contributed by atoms with van der Waals surface area (Å²) in [4.78, 5) is 14.7. The van der Waals surface area contributed by atoms with Crippen LogP contribution in [0.1, 0.15) is 5.69 Å². The second-order valence-electron chi connectivity index (χ2n) is 3.32. The topological polar surface area (TPSA) is 63.3 Å². The third kappa shape index (κ3) is 1.60. The molecule has 80 valence electrons. The van der Waals surface area contributed by atoms with E-state index in [-0.39, 0.29) is 5.56 Å². The fourth-order valence-electron chi connectivity index (χ4n) is 1.59. The summed E-state index contributed by atoms with van der Waals surface area (Å²) in [7, 11) is 1.73. The molecule has 0 saturated carbocycles. The Kier molecular flexibility index (Phi) is 2.54. The highest BCUT2D eigenvalue weighted by Gasteiger charge is 2.09. The van der Waals surface area contributed by atoms with Crippen LogP contribution in [0.25, 0.3) is 11.2 Å². The quantitative estimate of drug-likeness (QED) is 0.415. The van der Waals surface area contributed by atoms with Gasteiger partial charge in [-0.05, 0) is 12.1 Å². The molecular weight excluding hydrogens is 204 g/mol. The number of para-hydroxylation sites is 1. The highest BCUT2D eigenvalue weighted by Crippen LogP contribution is 2.04. The molecule has 2 rings (SSSR count). The second kappa shape index (κ2) is 4.00. The van der Waals surface area contributed by atoms with Crippen LogP contribution in [-0.2, 0) is 7.05 Å². The van der Waals surface area contributed by atoms with Crippen LogP contribution in [0.4, 0.5) is 0 Å². The lowest BCUT2D eigenvalue weighted by molar-refractivity contribution is 0.00399. The number of benzene rings is 1. The average molecular weight is 214 g/mol. The van der Waals surface area contributed by atoms with E-state index in [0.29, 0.717) is 5.69 Å². The molecule has 0 spiro atoms. The molecule has 0 saturated heterocycles. The number of nitrogens with zero attached hydrogens (tertiary/aromatic N) is 4. The van der Waals surface area contributed by atoms with Crippen molar-refractivity contribution in [3.8, 4) is 5.69 Å². The minimum Gasteiger partial charge on any atom is -0.361 e. The summed E-state index contributed by atoms with van der Waals surface area (Å²) in [6, 6.07) is 10.7. The Morgan fingerprint density at radius 1 is 1.31 bits per heavy atom. The predicted molar refractivity (Wildman–Crippen MR) is 59.8 cm³/mol. The van der Waals surface area contributed by atoms with Gasteiger partial charge >= 0.3 is 6.21 Å². The largest absolute Gasteiger partial charge is 0.361 e. The van der Waals surface area contributed by atoms with E-state index in [1.165, 1.54) is 17.0 Å². The summed E-state index contributed by atoms with van der Waals surface area (Å²) in [5, 5.41) is 0. The summed E-state index contributed by atoms with van der Waals surface area (Å²) >= 11 is 0. The molecule has 5 heteroatoms. The lowest BCUT2D eigenvalue weighted by atomic mass is 10.3. The Morgan fingerprint density at radius 2 is 2.00 bits per heavy atom. The molecule has 1 heterocycles. The van der Waals surface area contributed by atoms with E-state index in [0.717, 1.165) is 5.69 Å². The van der Waals surface area contributed by atoms with Crippen LogP contribution in [0.5, 0.6) is 0 Å². The maximum atomic E-state index is 11.7. The second-order valence-corrected chi connectivity index (χ2v) is 3.32. The average Bonchev–Trinajstić information content (AvgIpc) is 2.56. The summed E-state index contributed by atoms with van der Waals surface area (Å²) in [5.41, 5.74) is 9.61. The molecule has 0 aliphatic heterocycles. The lowest BCUT2D eigenvalue weighted by Gasteiger charge is -2.06. The zero-order chi connectivity index (χ0) is 11.5. The molecule has 0 unspecified atom stereocenters. The molecule has 5 nitrogen and oxygen atoms in total. The maximum absolute atomic E-state index is 11.7. The predicted octanol–water partition coefficient (Wildman–Crippen LogP) is 0.825. The third-order valence-corrected chi connectivity index (χ3v) is 2.34. The molecule has 0 aliphatic carbocycles. The van der Waals surface area contributed by atoms with Crippen molar-refractivity contribution < 1.29 is 4.79 Å². The molecule has 0 N–H and O–H groups in total. The minimum absolute atomic E-state index is 0.163. The minimum atomic E-state index is -0.163. The molecule has 2 aromatic rings. The SMILES string of the molecule is Cn1c(C=[N+]=[N-])cc(=O)n1-c1ccccc1. The van der Waals surface area contributed by atoms with Crippen molar-refractivity contribution >= 4 is 6.21 Å². The molecule has 1 aromatic heterocycles. The van der Waals surface area contributed by atoms with Gasteiger partial charge in [-0.25, -0.2) is 4.68 Å². The molecule has 0 bridgehead atoms. The standard InChI is InChI=1S/C11H10N4O/c1-14-10(8-13-12)7-11(16)15(14)9-5-3-2-4-6-9/h2-8H,1H3. The van der Waals surface area contributed by atoms with Crippen LogP contribution in [0.15, 0.2) is 41.2 Å². The van der Waals surface area contributed by atoms with E-state index in [2.05, 4.69) is 4.79 Å². The Bertz CT molecular complexity index is 603. The van der Waals surface area contributed by atoms with Gasteiger partial charge < -0.3 is 5.53 Å². The highest BCUT2D eigenvalue weighted by atomic mass is 16.1. The Balaban J connectivity index is 2.67. The van der Waals surface area contributed by atoms with Gasteiger partial charge in [0, 0.05) is 13.1 Å². The summed E-state index contributed by atoms with van der Waals surface area (Å²) in [5.74, 6) is 0. The van der Waals surface area contributed by atoms with Crippen molar-refractivity contribution in [3.05, 3.63) is 58.0 Å². The molecular formula is C11H10N4O. The maximum Gasteiger partial charge on any atom is 0.305 e. The number of rotatable bonds is 2. The van der Waals surface area contributed by atoms with Gasteiger partial charge in [0.25, 0.3) is 5.56 Å². The molecule has 0 radical (unpaired) electrons. The highest BCUT2D eigenvalue weighted by molar-refractivity contribution is 5.72. The van der Waals surface area contributed by atoms with Gasteiger partial charge in [0.15, 0.2) is 0 Å². The monoisotopic (exact) mass is 214 g/mol. The number of aromatic nitrogens is 2. The lowest BCUT2D eigenvalue weighted by Crippen LogP contribution is -2.19. The van der Waals surface area contributed by atoms with Crippen molar-refractivity contribution in [1.29, 1.82) is 0 Å². The first kappa shape index (κ1) is 10.1. The van der Waals surface area contributed by atoms with Crippen molar-refractivity contribution in [2.45, 2.75) is 0 Å². The Hall–Kier alpha value is -2.39. The molecule has 0 atom stereocenters. The van der Waals surface area contributed by atoms with Crippen LogP contribution in [0.2, 0.25) is 0 Å². The third-order valence-electron chi connectivity index (χ3n) is 2.34. The van der Waals surface area contributed by atoms with Crippen molar-refractivity contribution in [1.82, 2.24) is 9.36 Å². The van der Waals surface area contributed by atoms with Gasteiger partial charge in [-0.3, -0.25) is 9.48 Å². The van der Waals surface area contributed by atoms with E-state index in [9.17, 15) is 4.79 Å². The fourth-order valence-corrected chi connectivity index (χ4v) is 1.59. The van der Waals surface area contributed by atoms with Gasteiger partial charge in [0.05, 0.1) is 5.69 Å². The summed E-state index contributed by atoms with van der Waals surface area (Å²) < 4.78 is 3.12. The zero-order valence-electron chi connectivity index (χ0n) is 8.74. The van der Waals surface area contributed by atoms with Crippen molar-refractivity contribution in [2.24, 2.45) is 7.05 Å². The van der Waals surface area contributed by atoms with Gasteiger partial charge in [-0.1, -0.05) is 18.2 Å². The van der Waals surface area contributed by atoms with Crippen molar-refractivity contribution in [3.63, 3.8) is 0 Å². The molecule has 0 aliphatic rings. The molecule has 0 amide bonds. The van der Waals surface area contributed by atoms with Gasteiger partial charge in [0.2, 0.25) is 0 Å². The normalized spacial score (nSPS) is 9.81. The van der Waals surface area contributed by atoms with Crippen LogP contribution in [-0.4, -0.2) is 20.4 Å². The van der Waals surface area contributed by atoms with Gasteiger partial charge in [0.1, 0.15) is 5.69 Å². The first-order chi connectivity index (χ1) is 7.74. The van der Waals surface area contributed by atoms with Crippen LogP contribution in [0, 0.1) is 0 Å². The summed E-state index contributed by atoms with van der Waals surface area (Å²) in [6.07, 6.45) is 1.22. The van der Waals surface area contributed by atoms with E-state index >= 15 is 0 Å². The molecule has 16 heavy (non-hydrogen) atoms. The van der Waals surface area contributed by atoms with E-state index in [4.69, 9.17) is 5.53 Å². The first-order valence-corrected chi connectivity index (χ1v) is 4.76. The molecule has 0 fully saturated rings. The van der Waals surface area contributed by atoms with Crippen LogP contribution in [0.3, 0.4) is 0 Å². The van der Waals surface area contributed by atoms with E-state index < -0.39 is 0 Å². The number of hydrogen-bond acceptors (Lipinski definition) is 1. The summed E-state index contributed by atoms with van der Waals surface area (Å²) in [6.45, 7) is 0. The van der Waals surface area contributed by atoms with Gasteiger partial charge in [-0.15, -0.1) is 0 Å². The first-order valence-electron chi connectivity index (χ1n) is 4.76. The Morgan fingerprint density at radius 3 is 2.62 bits per heavy atom. The van der Waals surface area contributed by atoms with Crippen LogP contribution >= 0.6 is 0 Å². The van der Waals surface area contributed by atoms with E-state index in [1.807, 2.05) is 30.3 Å². The fraction of sp³-hybridized carbons (Fsp3) is 0.0909.